The number of hydrogen-bond acceptors (Lipinski definition) is 4. The highest BCUT2D eigenvalue weighted by Gasteiger charge is 2.23. The fourth-order valence-electron chi connectivity index (χ4n) is 2.33. The summed E-state index contributed by atoms with van der Waals surface area (Å²) in [5.74, 6) is 10.1. The van der Waals surface area contributed by atoms with E-state index >= 15 is 0 Å². The second kappa shape index (κ2) is 7.58. The van der Waals surface area contributed by atoms with Crippen LogP contribution < -0.4 is 11.3 Å². The van der Waals surface area contributed by atoms with E-state index in [9.17, 15) is 0 Å². The van der Waals surface area contributed by atoms with E-state index in [2.05, 4.69) is 55.3 Å². The van der Waals surface area contributed by atoms with Gasteiger partial charge in [-0.15, -0.1) is 0 Å². The lowest BCUT2D eigenvalue weighted by molar-refractivity contribution is 0.523. The molecule has 2 rings (SSSR count). The zero-order valence-electron chi connectivity index (χ0n) is 11.8. The van der Waals surface area contributed by atoms with Gasteiger partial charge in [0.2, 0.25) is 0 Å². The van der Waals surface area contributed by atoms with Crippen molar-refractivity contribution in [3.05, 3.63) is 35.4 Å². The Bertz CT molecular complexity index is 372. The van der Waals surface area contributed by atoms with Crippen LogP contribution in [-0.4, -0.2) is 28.6 Å². The van der Waals surface area contributed by atoms with Crippen molar-refractivity contribution < 1.29 is 0 Å². The molecule has 0 bridgehead atoms. The summed E-state index contributed by atoms with van der Waals surface area (Å²) in [5.41, 5.74) is 5.81. The number of benzene rings is 1. The van der Waals surface area contributed by atoms with E-state index in [0.29, 0.717) is 17.2 Å². The first-order valence-electron chi connectivity index (χ1n) is 6.95. The lowest BCUT2D eigenvalue weighted by atomic mass is 9.98. The molecule has 1 heterocycles. The van der Waals surface area contributed by atoms with Crippen LogP contribution in [0.5, 0.6) is 0 Å². The zero-order valence-corrected chi connectivity index (χ0v) is 13.4. The fraction of sp³-hybridized carbons (Fsp3) is 0.600. The Labute approximate surface area is 125 Å². The maximum Gasteiger partial charge on any atom is 0.0377 e. The van der Waals surface area contributed by atoms with Crippen LogP contribution in [0.4, 0.5) is 0 Å². The van der Waals surface area contributed by atoms with Gasteiger partial charge in [-0.05, 0) is 23.5 Å². The largest absolute Gasteiger partial charge is 0.271 e. The van der Waals surface area contributed by atoms with E-state index in [1.807, 2.05) is 11.8 Å². The van der Waals surface area contributed by atoms with Crippen LogP contribution in [0.2, 0.25) is 0 Å². The molecule has 1 saturated heterocycles. The molecular weight excluding hydrogens is 272 g/mol. The summed E-state index contributed by atoms with van der Waals surface area (Å²) in [4.78, 5) is 0. The molecule has 1 aliphatic rings. The Morgan fingerprint density at radius 1 is 1.26 bits per heavy atom. The molecule has 2 atom stereocenters. The Hall–Kier alpha value is -0.160. The summed E-state index contributed by atoms with van der Waals surface area (Å²) in [7, 11) is 0. The van der Waals surface area contributed by atoms with Crippen molar-refractivity contribution in [3.63, 3.8) is 0 Å². The highest BCUT2D eigenvalue weighted by atomic mass is 32.2. The van der Waals surface area contributed by atoms with Crippen molar-refractivity contribution in [2.75, 3.05) is 17.3 Å². The van der Waals surface area contributed by atoms with Gasteiger partial charge in [-0.1, -0.05) is 38.1 Å². The third-order valence-corrected chi connectivity index (χ3v) is 6.53. The number of nitrogens with two attached hydrogens (primary N) is 1. The van der Waals surface area contributed by atoms with Gasteiger partial charge in [-0.2, -0.15) is 23.5 Å². The molecule has 2 unspecified atom stereocenters. The molecule has 2 nitrogen and oxygen atoms in total. The topological polar surface area (TPSA) is 38.0 Å². The summed E-state index contributed by atoms with van der Waals surface area (Å²) >= 11 is 4.11. The van der Waals surface area contributed by atoms with E-state index in [4.69, 9.17) is 5.84 Å². The lowest BCUT2D eigenvalue weighted by Gasteiger charge is -2.29. The normalized spacial score (nSPS) is 21.6. The number of hydrazine groups is 1. The smallest absolute Gasteiger partial charge is 0.0377 e. The molecule has 0 saturated carbocycles. The molecule has 106 valence electrons. The zero-order chi connectivity index (χ0) is 13.7. The molecule has 1 aromatic rings. The van der Waals surface area contributed by atoms with Gasteiger partial charge in [0.25, 0.3) is 0 Å². The van der Waals surface area contributed by atoms with Crippen LogP contribution in [0, 0.1) is 0 Å². The van der Waals surface area contributed by atoms with Crippen molar-refractivity contribution in [1.29, 1.82) is 0 Å². The average molecular weight is 297 g/mol. The van der Waals surface area contributed by atoms with E-state index in [1.54, 1.807) is 0 Å². The Kier molecular flexibility index (Phi) is 6.07. The highest BCUT2D eigenvalue weighted by Crippen LogP contribution is 2.27. The summed E-state index contributed by atoms with van der Waals surface area (Å²) in [6, 6.07) is 9.37. The van der Waals surface area contributed by atoms with Crippen molar-refractivity contribution in [3.8, 4) is 0 Å². The number of nitrogens with one attached hydrogen (secondary N) is 1. The van der Waals surface area contributed by atoms with Crippen LogP contribution in [0.25, 0.3) is 0 Å². The molecule has 19 heavy (non-hydrogen) atoms. The van der Waals surface area contributed by atoms with Crippen LogP contribution in [0.1, 0.15) is 30.9 Å². The second-order valence-electron chi connectivity index (χ2n) is 5.36. The number of rotatable bonds is 5. The van der Waals surface area contributed by atoms with E-state index in [-0.39, 0.29) is 0 Å². The first kappa shape index (κ1) is 15.2. The Morgan fingerprint density at radius 3 is 2.53 bits per heavy atom. The van der Waals surface area contributed by atoms with Gasteiger partial charge in [-0.25, -0.2) is 0 Å². The maximum atomic E-state index is 5.76. The number of thioether (sulfide) groups is 2. The molecule has 0 radical (unpaired) electrons. The third kappa shape index (κ3) is 4.42. The fourth-order valence-corrected chi connectivity index (χ4v) is 5.20. The van der Waals surface area contributed by atoms with Crippen LogP contribution in [-0.2, 0) is 6.42 Å². The second-order valence-corrected chi connectivity index (χ2v) is 7.85. The van der Waals surface area contributed by atoms with Crippen molar-refractivity contribution in [2.24, 2.45) is 5.84 Å². The minimum absolute atomic E-state index is 0.377. The van der Waals surface area contributed by atoms with Crippen LogP contribution in [0.3, 0.4) is 0 Å². The van der Waals surface area contributed by atoms with Gasteiger partial charge in [0.05, 0.1) is 0 Å². The summed E-state index contributed by atoms with van der Waals surface area (Å²) in [5, 5.41) is 0.633. The molecule has 1 aromatic carbocycles. The van der Waals surface area contributed by atoms with E-state index in [1.165, 1.54) is 28.4 Å². The maximum absolute atomic E-state index is 5.76. The standard InChI is InChI=1S/C15H24N2S2/c1-11(2)13-5-3-12(4-6-13)9-14(17-16)15-10-18-7-8-19-15/h3-6,11,14-15,17H,7-10,16H2,1-2H3. The minimum Gasteiger partial charge on any atom is -0.271 e. The Balaban J connectivity index is 1.97. The molecule has 0 aliphatic carbocycles. The molecule has 3 N–H and O–H groups in total. The van der Waals surface area contributed by atoms with Gasteiger partial charge < -0.3 is 0 Å². The summed E-state index contributed by atoms with van der Waals surface area (Å²) in [6.07, 6.45) is 1.02. The third-order valence-electron chi connectivity index (χ3n) is 3.61. The molecule has 1 fully saturated rings. The molecule has 0 spiro atoms. The van der Waals surface area contributed by atoms with Crippen molar-refractivity contribution in [2.45, 2.75) is 37.5 Å². The minimum atomic E-state index is 0.377. The SMILES string of the molecule is CC(C)c1ccc(CC(NN)C2CSCCS2)cc1. The molecular formula is C15H24N2S2. The molecule has 0 amide bonds. The first-order chi connectivity index (χ1) is 9.20. The van der Waals surface area contributed by atoms with Gasteiger partial charge in [0.15, 0.2) is 0 Å². The van der Waals surface area contributed by atoms with Crippen LogP contribution in [0.15, 0.2) is 24.3 Å². The predicted molar refractivity (Wildman–Crippen MR) is 88.9 cm³/mol. The van der Waals surface area contributed by atoms with E-state index in [0.717, 1.165) is 6.42 Å². The van der Waals surface area contributed by atoms with Gasteiger partial charge in [0, 0.05) is 28.6 Å². The van der Waals surface area contributed by atoms with Crippen molar-refractivity contribution >= 4 is 23.5 Å². The summed E-state index contributed by atoms with van der Waals surface area (Å²) < 4.78 is 0. The predicted octanol–water partition coefficient (Wildman–Crippen LogP) is 3.03. The molecule has 1 aliphatic heterocycles. The van der Waals surface area contributed by atoms with Gasteiger partial charge >= 0.3 is 0 Å². The van der Waals surface area contributed by atoms with Crippen LogP contribution >= 0.6 is 23.5 Å². The first-order valence-corrected chi connectivity index (χ1v) is 9.15. The molecule has 0 aromatic heterocycles. The average Bonchev–Trinajstić information content (AvgIpc) is 2.46. The van der Waals surface area contributed by atoms with Gasteiger partial charge in [0.1, 0.15) is 0 Å². The highest BCUT2D eigenvalue weighted by molar-refractivity contribution is 8.06. The van der Waals surface area contributed by atoms with E-state index < -0.39 is 0 Å². The number of hydrogen-bond donors (Lipinski definition) is 2. The summed E-state index contributed by atoms with van der Waals surface area (Å²) in [6.45, 7) is 4.46. The van der Waals surface area contributed by atoms with Gasteiger partial charge in [-0.3, -0.25) is 11.3 Å². The molecule has 4 heteroatoms. The quantitative estimate of drug-likeness (QED) is 0.647. The monoisotopic (exact) mass is 296 g/mol. The lowest BCUT2D eigenvalue weighted by Crippen LogP contribution is -2.46. The Morgan fingerprint density at radius 2 is 2.00 bits per heavy atom. The van der Waals surface area contributed by atoms with Crippen molar-refractivity contribution in [1.82, 2.24) is 5.43 Å².